The number of likely N-dealkylation sites (tertiary alicyclic amines) is 1. The average molecular weight is 520 g/mol. The molecule has 0 spiro atoms. The normalized spacial score (nSPS) is 15.2. The molecule has 1 fully saturated rings. The molecule has 10 heteroatoms. The molecule has 7 nitrogen and oxygen atoms in total. The molecule has 38 heavy (non-hydrogen) atoms. The van der Waals surface area contributed by atoms with E-state index >= 15 is 0 Å². The summed E-state index contributed by atoms with van der Waals surface area (Å²) in [6.45, 7) is 7.17. The number of halogens is 3. The number of imidazole rings is 1. The molecule has 0 radical (unpaired) electrons. The van der Waals surface area contributed by atoms with Gasteiger partial charge in [-0.25, -0.2) is 9.98 Å². The summed E-state index contributed by atoms with van der Waals surface area (Å²) < 4.78 is 39.6. The van der Waals surface area contributed by atoms with Gasteiger partial charge in [-0.2, -0.15) is 13.2 Å². The zero-order chi connectivity index (χ0) is 26.9. The number of aromatic amines is 2. The van der Waals surface area contributed by atoms with E-state index in [9.17, 15) is 13.2 Å². The van der Waals surface area contributed by atoms with E-state index in [0.29, 0.717) is 22.6 Å². The van der Waals surface area contributed by atoms with Gasteiger partial charge in [0.2, 0.25) is 0 Å². The van der Waals surface area contributed by atoms with E-state index in [2.05, 4.69) is 48.7 Å². The Kier molecular flexibility index (Phi) is 6.88. The number of rotatable bonds is 5. The van der Waals surface area contributed by atoms with Crippen molar-refractivity contribution in [1.82, 2.24) is 24.8 Å². The highest BCUT2D eigenvalue weighted by atomic mass is 19.4. The first kappa shape index (κ1) is 25.4. The minimum absolute atomic E-state index is 0.289. The van der Waals surface area contributed by atoms with E-state index in [4.69, 9.17) is 4.98 Å². The van der Waals surface area contributed by atoms with Crippen LogP contribution in [0.4, 0.5) is 19.0 Å². The summed E-state index contributed by atoms with van der Waals surface area (Å²) in [5.74, 6) is 2.46. The zero-order valence-corrected chi connectivity index (χ0v) is 21.2. The Hall–Kier alpha value is -4.21. The lowest BCUT2D eigenvalue weighted by atomic mass is 9.95. The summed E-state index contributed by atoms with van der Waals surface area (Å²) in [6, 6.07) is 14.5. The number of benzene rings is 1. The Morgan fingerprint density at radius 3 is 2.45 bits per heavy atom. The topological polar surface area (TPSA) is 85.3 Å². The molecule has 0 aliphatic carbocycles. The first-order valence-corrected chi connectivity index (χ1v) is 12.4. The lowest BCUT2D eigenvalue weighted by Crippen LogP contribution is -2.38. The fourth-order valence-electron chi connectivity index (χ4n) is 5.01. The van der Waals surface area contributed by atoms with Crippen molar-refractivity contribution >= 4 is 18.4 Å². The number of hydrogen-bond acceptors (Lipinski definition) is 4. The van der Waals surface area contributed by atoms with Gasteiger partial charge in [-0.15, -0.1) is 0 Å². The molecule has 0 bridgehead atoms. The van der Waals surface area contributed by atoms with E-state index in [0.717, 1.165) is 66.8 Å². The lowest BCUT2D eigenvalue weighted by Gasteiger charge is -2.33. The van der Waals surface area contributed by atoms with Crippen molar-refractivity contribution in [3.8, 4) is 22.5 Å². The van der Waals surface area contributed by atoms with Crippen molar-refractivity contribution < 1.29 is 13.2 Å². The van der Waals surface area contributed by atoms with Gasteiger partial charge in [0.05, 0.1) is 17.0 Å². The van der Waals surface area contributed by atoms with Gasteiger partial charge in [-0.1, -0.05) is 30.3 Å². The van der Waals surface area contributed by atoms with Crippen LogP contribution < -0.4 is 0 Å². The molecular weight excluding hydrogens is 491 g/mol. The quantitative estimate of drug-likeness (QED) is 0.237. The van der Waals surface area contributed by atoms with Gasteiger partial charge < -0.3 is 14.9 Å². The molecule has 0 saturated carbocycles. The van der Waals surface area contributed by atoms with Crippen molar-refractivity contribution in [3.05, 3.63) is 77.5 Å². The van der Waals surface area contributed by atoms with Gasteiger partial charge >= 0.3 is 6.18 Å². The van der Waals surface area contributed by atoms with Crippen LogP contribution in [0.25, 0.3) is 22.5 Å². The Morgan fingerprint density at radius 1 is 1.05 bits per heavy atom. The molecule has 1 aromatic carbocycles. The lowest BCUT2D eigenvalue weighted by molar-refractivity contribution is -0.141. The summed E-state index contributed by atoms with van der Waals surface area (Å²) in [5.41, 5.74) is 3.74. The second kappa shape index (κ2) is 10.3. The predicted octanol–water partition coefficient (Wildman–Crippen LogP) is 6.38. The molecule has 0 atom stereocenters. The fourth-order valence-corrected chi connectivity index (χ4v) is 5.01. The van der Waals surface area contributed by atoms with Crippen LogP contribution in [0.5, 0.6) is 0 Å². The maximum Gasteiger partial charge on any atom is 0.433 e. The number of aromatic nitrogens is 4. The maximum absolute atomic E-state index is 13.2. The third-order valence-corrected chi connectivity index (χ3v) is 6.92. The van der Waals surface area contributed by atoms with Crippen molar-refractivity contribution in [1.29, 1.82) is 0 Å². The Bertz CT molecular complexity index is 1460. The number of H-pyrrole nitrogens is 2. The molecule has 1 saturated heterocycles. The van der Waals surface area contributed by atoms with Crippen molar-refractivity contribution in [2.45, 2.75) is 31.9 Å². The van der Waals surface area contributed by atoms with Gasteiger partial charge in [0, 0.05) is 43.5 Å². The van der Waals surface area contributed by atoms with E-state index < -0.39 is 11.9 Å². The van der Waals surface area contributed by atoms with Crippen molar-refractivity contribution in [2.24, 2.45) is 9.98 Å². The monoisotopic (exact) mass is 519 g/mol. The number of nitrogens with one attached hydrogen (secondary N) is 2. The van der Waals surface area contributed by atoms with Crippen LogP contribution in [0.15, 0.2) is 64.7 Å². The van der Waals surface area contributed by atoms with E-state index in [1.165, 1.54) is 6.07 Å². The highest BCUT2D eigenvalue weighted by molar-refractivity contribution is 6.04. The van der Waals surface area contributed by atoms with Crippen LogP contribution in [0, 0.1) is 6.92 Å². The second-order valence-electron chi connectivity index (χ2n) is 9.29. The second-order valence-corrected chi connectivity index (χ2v) is 9.29. The Labute approximate surface area is 218 Å². The summed E-state index contributed by atoms with van der Waals surface area (Å²) in [6.07, 6.45) is -1.61. The third kappa shape index (κ3) is 4.98. The largest absolute Gasteiger partial charge is 0.433 e. The van der Waals surface area contributed by atoms with Crippen LogP contribution in [0.3, 0.4) is 0 Å². The van der Waals surface area contributed by atoms with E-state index in [-0.39, 0.29) is 5.92 Å². The number of alkyl halides is 3. The van der Waals surface area contributed by atoms with Gasteiger partial charge in [0.25, 0.3) is 0 Å². The van der Waals surface area contributed by atoms with E-state index in [1.54, 1.807) is 13.1 Å². The zero-order valence-electron chi connectivity index (χ0n) is 21.2. The summed E-state index contributed by atoms with van der Waals surface area (Å²) >= 11 is 0. The number of pyridine rings is 1. The van der Waals surface area contributed by atoms with Crippen LogP contribution in [-0.2, 0) is 6.18 Å². The van der Waals surface area contributed by atoms with Gasteiger partial charge in [-0.3, -0.25) is 9.98 Å². The Balaban J connectivity index is 1.34. The molecule has 5 rings (SSSR count). The molecule has 3 aromatic heterocycles. The van der Waals surface area contributed by atoms with Gasteiger partial charge in [0.15, 0.2) is 0 Å². The van der Waals surface area contributed by atoms with Gasteiger partial charge in [0.1, 0.15) is 23.2 Å². The van der Waals surface area contributed by atoms with Crippen LogP contribution >= 0.6 is 0 Å². The van der Waals surface area contributed by atoms with E-state index in [1.807, 2.05) is 25.1 Å². The molecule has 4 heterocycles. The Morgan fingerprint density at radius 2 is 1.79 bits per heavy atom. The van der Waals surface area contributed by atoms with Crippen LogP contribution in [0.1, 0.15) is 41.5 Å². The SMILES string of the molecule is C=Nc1[nH]c(-c2ccnc(C(F)(F)F)c2)cc1/C(=N\C)N1CCC(c2nc(C)c(-c3ccccc3)[nH]2)CC1. The molecule has 1 aliphatic rings. The van der Waals surface area contributed by atoms with Crippen LogP contribution in [-0.4, -0.2) is 57.5 Å². The number of aliphatic imine (C=N–C) groups is 2. The molecule has 196 valence electrons. The first-order chi connectivity index (χ1) is 18.3. The predicted molar refractivity (Wildman–Crippen MR) is 143 cm³/mol. The maximum atomic E-state index is 13.2. The molecule has 4 aromatic rings. The summed E-state index contributed by atoms with van der Waals surface area (Å²) in [7, 11) is 1.71. The highest BCUT2D eigenvalue weighted by Crippen LogP contribution is 2.34. The first-order valence-electron chi connectivity index (χ1n) is 12.4. The minimum Gasteiger partial charge on any atom is -0.356 e. The van der Waals surface area contributed by atoms with Crippen molar-refractivity contribution in [3.63, 3.8) is 0 Å². The molecule has 0 unspecified atom stereocenters. The molecular formula is C28H28F3N7. The highest BCUT2D eigenvalue weighted by Gasteiger charge is 2.33. The number of hydrogen-bond donors (Lipinski definition) is 2. The third-order valence-electron chi connectivity index (χ3n) is 6.92. The van der Waals surface area contributed by atoms with Crippen molar-refractivity contribution in [2.75, 3.05) is 20.1 Å². The number of aryl methyl sites for hydroxylation is 1. The smallest absolute Gasteiger partial charge is 0.356 e. The molecule has 0 amide bonds. The molecule has 1 aliphatic heterocycles. The summed E-state index contributed by atoms with van der Waals surface area (Å²) in [5, 5.41) is 0. The molecule has 2 N–H and O–H groups in total. The number of piperidine rings is 1. The van der Waals surface area contributed by atoms with Crippen LogP contribution in [0.2, 0.25) is 0 Å². The summed E-state index contributed by atoms with van der Waals surface area (Å²) in [4.78, 5) is 25.7. The number of nitrogens with zero attached hydrogens (tertiary/aromatic N) is 5. The van der Waals surface area contributed by atoms with Gasteiger partial charge in [-0.05, 0) is 50.2 Å². The average Bonchev–Trinajstić information content (AvgIpc) is 3.53. The fraction of sp³-hybridized carbons (Fsp3) is 0.286. The standard InChI is InChI=1S/C28H28F3N7/c1-17-24(18-7-5-4-6-8-18)37-25(35-17)19-10-13-38(14-11-19)27(33-3)21-16-22(36-26(21)32-2)20-9-12-34-23(15-20)28(29,30)31/h4-9,12,15-16,19,36H,2,10-11,13-14H2,1,3H3,(H,35,37)/b33-27+. The number of amidine groups is 1. The minimum atomic E-state index is -4.53.